The summed E-state index contributed by atoms with van der Waals surface area (Å²) in [5, 5.41) is 5.77. The summed E-state index contributed by atoms with van der Waals surface area (Å²) in [6.45, 7) is 2.38. The van der Waals surface area contributed by atoms with Gasteiger partial charge in [-0.15, -0.1) is 0 Å². The fourth-order valence-corrected chi connectivity index (χ4v) is 2.59. The van der Waals surface area contributed by atoms with Gasteiger partial charge < -0.3 is 10.6 Å². The van der Waals surface area contributed by atoms with Crippen molar-refractivity contribution >= 4 is 17.3 Å². The summed E-state index contributed by atoms with van der Waals surface area (Å²) in [6.07, 6.45) is -2.91. The van der Waals surface area contributed by atoms with Crippen molar-refractivity contribution in [2.24, 2.45) is 0 Å². The number of nitrogens with one attached hydrogen (secondary N) is 2. The van der Waals surface area contributed by atoms with Crippen LogP contribution in [0.4, 0.5) is 24.5 Å². The van der Waals surface area contributed by atoms with Gasteiger partial charge >= 0.3 is 6.18 Å². The van der Waals surface area contributed by atoms with Gasteiger partial charge in [-0.25, -0.2) is 4.98 Å². The highest BCUT2D eigenvalue weighted by molar-refractivity contribution is 5.92. The Morgan fingerprint density at radius 1 is 0.964 bits per heavy atom. The Balaban J connectivity index is 1.60. The molecule has 0 saturated heterocycles. The molecule has 28 heavy (non-hydrogen) atoms. The average molecular weight is 385 g/mol. The third kappa shape index (κ3) is 4.88. The quantitative estimate of drug-likeness (QED) is 0.644. The zero-order valence-electron chi connectivity index (χ0n) is 15.0. The van der Waals surface area contributed by atoms with Crippen LogP contribution in [0.3, 0.4) is 0 Å². The number of aryl methyl sites for hydroxylation is 1. The second-order valence-corrected chi connectivity index (χ2v) is 6.24. The Kier molecular flexibility index (Phi) is 5.63. The van der Waals surface area contributed by atoms with E-state index in [0.29, 0.717) is 17.9 Å². The third-order valence-corrected chi connectivity index (χ3v) is 4.20. The molecule has 0 saturated carbocycles. The fraction of sp³-hybridized carbons (Fsp3) is 0.143. The predicted octanol–water partition coefficient (Wildman–Crippen LogP) is 5.08. The Hall–Kier alpha value is -3.35. The van der Waals surface area contributed by atoms with E-state index in [4.69, 9.17) is 0 Å². The van der Waals surface area contributed by atoms with Crippen molar-refractivity contribution in [1.82, 2.24) is 10.3 Å². The molecule has 1 aromatic heterocycles. The normalized spacial score (nSPS) is 11.1. The van der Waals surface area contributed by atoms with E-state index in [9.17, 15) is 18.0 Å². The van der Waals surface area contributed by atoms with Gasteiger partial charge in [0.15, 0.2) is 0 Å². The number of carbonyl (C=O) groups excluding carboxylic acids is 1. The minimum Gasteiger partial charge on any atom is -0.354 e. The van der Waals surface area contributed by atoms with E-state index < -0.39 is 11.7 Å². The second-order valence-electron chi connectivity index (χ2n) is 6.24. The Morgan fingerprint density at radius 2 is 1.64 bits per heavy atom. The number of rotatable bonds is 5. The first-order chi connectivity index (χ1) is 13.3. The van der Waals surface area contributed by atoms with Crippen molar-refractivity contribution in [2.45, 2.75) is 19.6 Å². The SMILES string of the molecule is Cc1ccccc1CNC(=O)c1ccc(Nc2ccc(C(F)(F)F)cc2)cn1. The largest absolute Gasteiger partial charge is 0.416 e. The number of hydrogen-bond donors (Lipinski definition) is 2. The van der Waals surface area contributed by atoms with Crippen LogP contribution in [0.15, 0.2) is 66.9 Å². The number of pyridine rings is 1. The lowest BCUT2D eigenvalue weighted by molar-refractivity contribution is -0.137. The number of halogens is 3. The molecule has 7 heteroatoms. The molecular weight excluding hydrogens is 367 g/mol. The molecule has 3 aromatic rings. The van der Waals surface area contributed by atoms with Crippen LogP contribution in [0, 0.1) is 6.92 Å². The first-order valence-corrected chi connectivity index (χ1v) is 8.56. The van der Waals surface area contributed by atoms with Gasteiger partial charge in [0.1, 0.15) is 5.69 Å². The van der Waals surface area contributed by atoms with E-state index in [2.05, 4.69) is 15.6 Å². The van der Waals surface area contributed by atoms with Gasteiger partial charge in [0.2, 0.25) is 0 Å². The molecule has 0 atom stereocenters. The standard InChI is InChI=1S/C21H18F3N3O/c1-14-4-2-3-5-15(14)12-26-20(28)19-11-10-18(13-25-19)27-17-8-6-16(7-9-17)21(22,23)24/h2-11,13,27H,12H2,1H3,(H,26,28). The molecule has 3 rings (SSSR count). The number of carbonyl (C=O) groups is 1. The molecular formula is C21H18F3N3O. The Bertz CT molecular complexity index is 952. The van der Waals surface area contributed by atoms with Gasteiger partial charge in [0.25, 0.3) is 5.91 Å². The smallest absolute Gasteiger partial charge is 0.354 e. The topological polar surface area (TPSA) is 54.0 Å². The maximum atomic E-state index is 12.6. The molecule has 0 unspecified atom stereocenters. The highest BCUT2D eigenvalue weighted by Gasteiger charge is 2.29. The van der Waals surface area contributed by atoms with Crippen LogP contribution < -0.4 is 10.6 Å². The number of aromatic nitrogens is 1. The van der Waals surface area contributed by atoms with Crippen LogP contribution in [0.25, 0.3) is 0 Å². The molecule has 2 N–H and O–H groups in total. The molecule has 144 valence electrons. The second kappa shape index (κ2) is 8.12. The molecule has 0 spiro atoms. The first kappa shape index (κ1) is 19.4. The van der Waals surface area contributed by atoms with E-state index in [1.165, 1.54) is 18.3 Å². The lowest BCUT2D eigenvalue weighted by Crippen LogP contribution is -2.24. The van der Waals surface area contributed by atoms with Gasteiger partial charge in [-0.1, -0.05) is 24.3 Å². The molecule has 1 amide bonds. The average Bonchev–Trinajstić information content (AvgIpc) is 2.67. The lowest BCUT2D eigenvalue weighted by Gasteiger charge is -2.10. The molecule has 0 aliphatic rings. The highest BCUT2D eigenvalue weighted by atomic mass is 19.4. The molecule has 2 aromatic carbocycles. The first-order valence-electron chi connectivity index (χ1n) is 8.56. The molecule has 4 nitrogen and oxygen atoms in total. The van der Waals surface area contributed by atoms with Gasteiger partial charge in [-0.05, 0) is 54.4 Å². The number of amides is 1. The minimum atomic E-state index is -4.37. The summed E-state index contributed by atoms with van der Waals surface area (Å²) in [5.41, 5.74) is 2.72. The van der Waals surface area contributed by atoms with E-state index in [1.54, 1.807) is 12.1 Å². The summed E-state index contributed by atoms with van der Waals surface area (Å²) >= 11 is 0. The maximum Gasteiger partial charge on any atom is 0.416 e. The number of nitrogens with zero attached hydrogens (tertiary/aromatic N) is 1. The van der Waals surface area contributed by atoms with Gasteiger partial charge in [-0.3, -0.25) is 4.79 Å². The summed E-state index contributed by atoms with van der Waals surface area (Å²) in [6, 6.07) is 15.6. The minimum absolute atomic E-state index is 0.256. The molecule has 0 radical (unpaired) electrons. The number of hydrogen-bond acceptors (Lipinski definition) is 3. The summed E-state index contributed by atoms with van der Waals surface area (Å²) < 4.78 is 37.8. The molecule has 1 heterocycles. The van der Waals surface area contributed by atoms with Crippen molar-refractivity contribution in [3.63, 3.8) is 0 Å². The van der Waals surface area contributed by atoms with Crippen LogP contribution in [0.1, 0.15) is 27.2 Å². The van der Waals surface area contributed by atoms with Crippen LogP contribution in [-0.2, 0) is 12.7 Å². The third-order valence-electron chi connectivity index (χ3n) is 4.20. The maximum absolute atomic E-state index is 12.6. The van der Waals surface area contributed by atoms with Crippen LogP contribution in [0.5, 0.6) is 0 Å². The molecule has 0 fully saturated rings. The van der Waals surface area contributed by atoms with Crippen LogP contribution in [-0.4, -0.2) is 10.9 Å². The Labute approximate surface area is 160 Å². The van der Waals surface area contributed by atoms with E-state index in [0.717, 1.165) is 23.3 Å². The van der Waals surface area contributed by atoms with E-state index in [-0.39, 0.29) is 11.6 Å². The highest BCUT2D eigenvalue weighted by Crippen LogP contribution is 2.30. The predicted molar refractivity (Wildman–Crippen MR) is 101 cm³/mol. The molecule has 0 bridgehead atoms. The monoisotopic (exact) mass is 385 g/mol. The summed E-state index contributed by atoms with van der Waals surface area (Å²) in [4.78, 5) is 16.3. The lowest BCUT2D eigenvalue weighted by atomic mass is 10.1. The molecule has 0 aliphatic carbocycles. The van der Waals surface area contributed by atoms with E-state index in [1.807, 2.05) is 31.2 Å². The number of benzene rings is 2. The van der Waals surface area contributed by atoms with Gasteiger partial charge in [-0.2, -0.15) is 13.2 Å². The summed E-state index contributed by atoms with van der Waals surface area (Å²) in [7, 11) is 0. The molecule has 0 aliphatic heterocycles. The van der Waals surface area contributed by atoms with Crippen molar-refractivity contribution in [2.75, 3.05) is 5.32 Å². The Morgan fingerprint density at radius 3 is 2.25 bits per heavy atom. The van der Waals surface area contributed by atoms with Crippen LogP contribution >= 0.6 is 0 Å². The summed E-state index contributed by atoms with van der Waals surface area (Å²) in [5.74, 6) is -0.302. The van der Waals surface area contributed by atoms with Gasteiger partial charge in [0.05, 0.1) is 17.4 Å². The van der Waals surface area contributed by atoms with Gasteiger partial charge in [0, 0.05) is 12.2 Å². The van der Waals surface area contributed by atoms with Crippen LogP contribution in [0.2, 0.25) is 0 Å². The fourth-order valence-electron chi connectivity index (χ4n) is 2.59. The van der Waals surface area contributed by atoms with Crippen molar-refractivity contribution < 1.29 is 18.0 Å². The van der Waals surface area contributed by atoms with E-state index >= 15 is 0 Å². The zero-order chi connectivity index (χ0) is 20.1. The van der Waals surface area contributed by atoms with Crippen molar-refractivity contribution in [3.8, 4) is 0 Å². The zero-order valence-corrected chi connectivity index (χ0v) is 15.0. The van der Waals surface area contributed by atoms with Crippen molar-refractivity contribution in [3.05, 3.63) is 89.2 Å². The van der Waals surface area contributed by atoms with Crippen molar-refractivity contribution in [1.29, 1.82) is 0 Å². The number of anilines is 2. The number of alkyl halides is 3.